The lowest BCUT2D eigenvalue weighted by Gasteiger charge is -2.14. The number of rotatable bonds is 8. The SMILES string of the molecule is CCCCOc1ccc2ccccc2c1CCNC(=O)CC#N. The second-order valence-electron chi connectivity index (χ2n) is 5.40. The van der Waals surface area contributed by atoms with Gasteiger partial charge < -0.3 is 10.1 Å². The van der Waals surface area contributed by atoms with Crippen LogP contribution in [0.3, 0.4) is 0 Å². The first-order valence-electron chi connectivity index (χ1n) is 8.03. The summed E-state index contributed by atoms with van der Waals surface area (Å²) < 4.78 is 5.93. The topological polar surface area (TPSA) is 62.1 Å². The van der Waals surface area contributed by atoms with Crippen molar-refractivity contribution in [2.45, 2.75) is 32.6 Å². The quantitative estimate of drug-likeness (QED) is 0.758. The monoisotopic (exact) mass is 310 g/mol. The van der Waals surface area contributed by atoms with Crippen molar-refractivity contribution < 1.29 is 9.53 Å². The fourth-order valence-electron chi connectivity index (χ4n) is 2.50. The van der Waals surface area contributed by atoms with Gasteiger partial charge in [-0.3, -0.25) is 4.79 Å². The van der Waals surface area contributed by atoms with E-state index in [1.807, 2.05) is 24.3 Å². The molecule has 0 aliphatic heterocycles. The van der Waals surface area contributed by atoms with E-state index in [0.29, 0.717) is 19.6 Å². The fraction of sp³-hybridized carbons (Fsp3) is 0.368. The van der Waals surface area contributed by atoms with Crippen LogP contribution in [0.2, 0.25) is 0 Å². The Hall–Kier alpha value is -2.54. The maximum absolute atomic E-state index is 11.4. The van der Waals surface area contributed by atoms with Crippen molar-refractivity contribution in [1.29, 1.82) is 5.26 Å². The van der Waals surface area contributed by atoms with Gasteiger partial charge in [0.25, 0.3) is 0 Å². The molecule has 0 atom stereocenters. The summed E-state index contributed by atoms with van der Waals surface area (Å²) in [6.45, 7) is 3.33. The van der Waals surface area contributed by atoms with Gasteiger partial charge >= 0.3 is 0 Å². The largest absolute Gasteiger partial charge is 0.493 e. The van der Waals surface area contributed by atoms with E-state index in [1.54, 1.807) is 0 Å². The lowest BCUT2D eigenvalue weighted by Crippen LogP contribution is -2.25. The highest BCUT2D eigenvalue weighted by Crippen LogP contribution is 2.28. The van der Waals surface area contributed by atoms with Crippen LogP contribution in [0, 0.1) is 11.3 Å². The van der Waals surface area contributed by atoms with E-state index < -0.39 is 0 Å². The third-order valence-corrected chi connectivity index (χ3v) is 3.69. The van der Waals surface area contributed by atoms with E-state index in [0.717, 1.165) is 34.9 Å². The van der Waals surface area contributed by atoms with Crippen molar-refractivity contribution >= 4 is 16.7 Å². The highest BCUT2D eigenvalue weighted by Gasteiger charge is 2.09. The van der Waals surface area contributed by atoms with Crippen molar-refractivity contribution in [3.8, 4) is 11.8 Å². The molecule has 120 valence electrons. The Morgan fingerprint density at radius 2 is 2.09 bits per heavy atom. The summed E-state index contributed by atoms with van der Waals surface area (Å²) in [5.74, 6) is 0.646. The Morgan fingerprint density at radius 1 is 1.26 bits per heavy atom. The Bertz CT molecular complexity index is 704. The van der Waals surface area contributed by atoms with Gasteiger partial charge in [0.1, 0.15) is 12.2 Å². The number of nitriles is 1. The van der Waals surface area contributed by atoms with E-state index in [2.05, 4.69) is 30.4 Å². The molecule has 0 radical (unpaired) electrons. The summed E-state index contributed by atoms with van der Waals surface area (Å²) in [4.78, 5) is 11.4. The first-order chi connectivity index (χ1) is 11.3. The molecule has 1 N–H and O–H groups in total. The normalized spacial score (nSPS) is 10.3. The molecular weight excluding hydrogens is 288 g/mol. The summed E-state index contributed by atoms with van der Waals surface area (Å²) >= 11 is 0. The third-order valence-electron chi connectivity index (χ3n) is 3.69. The second kappa shape index (κ2) is 8.79. The second-order valence-corrected chi connectivity index (χ2v) is 5.40. The summed E-state index contributed by atoms with van der Waals surface area (Å²) in [5.41, 5.74) is 1.11. The minimum atomic E-state index is -0.235. The first kappa shape index (κ1) is 16.8. The Kier molecular flexibility index (Phi) is 6.43. The Morgan fingerprint density at radius 3 is 2.87 bits per heavy atom. The van der Waals surface area contributed by atoms with Crippen molar-refractivity contribution in [1.82, 2.24) is 5.32 Å². The van der Waals surface area contributed by atoms with E-state index >= 15 is 0 Å². The predicted octanol–water partition coefficient (Wildman–Crippen LogP) is 3.59. The number of carbonyl (C=O) groups is 1. The van der Waals surface area contributed by atoms with Crippen LogP contribution in [-0.4, -0.2) is 19.1 Å². The Balaban J connectivity index is 2.17. The molecule has 2 rings (SSSR count). The van der Waals surface area contributed by atoms with Gasteiger partial charge in [-0.15, -0.1) is 0 Å². The van der Waals surface area contributed by atoms with Crippen LogP contribution in [0.1, 0.15) is 31.7 Å². The highest BCUT2D eigenvalue weighted by atomic mass is 16.5. The molecule has 0 aliphatic rings. The molecule has 0 heterocycles. The number of fused-ring (bicyclic) bond motifs is 1. The molecular formula is C19H22N2O2. The minimum Gasteiger partial charge on any atom is -0.493 e. The van der Waals surface area contributed by atoms with Gasteiger partial charge in [-0.25, -0.2) is 0 Å². The van der Waals surface area contributed by atoms with Crippen LogP contribution in [-0.2, 0) is 11.2 Å². The lowest BCUT2D eigenvalue weighted by atomic mass is 10.0. The van der Waals surface area contributed by atoms with Crippen molar-refractivity contribution in [2.75, 3.05) is 13.2 Å². The van der Waals surface area contributed by atoms with Crippen molar-refractivity contribution in [3.63, 3.8) is 0 Å². The van der Waals surface area contributed by atoms with Crippen LogP contribution in [0.25, 0.3) is 10.8 Å². The van der Waals surface area contributed by atoms with E-state index in [1.165, 1.54) is 0 Å². The number of hydrogen-bond acceptors (Lipinski definition) is 3. The number of nitrogens with zero attached hydrogens (tertiary/aromatic N) is 1. The predicted molar refractivity (Wildman–Crippen MR) is 91.3 cm³/mol. The molecule has 2 aromatic carbocycles. The van der Waals surface area contributed by atoms with Crippen molar-refractivity contribution in [2.24, 2.45) is 0 Å². The zero-order chi connectivity index (χ0) is 16.5. The molecule has 0 saturated carbocycles. The standard InChI is InChI=1S/C19H22N2O2/c1-2-3-14-23-18-9-8-15-6-4-5-7-16(15)17(18)11-13-21-19(22)10-12-20/h4-9H,2-3,10-11,13-14H2,1H3,(H,21,22). The smallest absolute Gasteiger partial charge is 0.234 e. The minimum absolute atomic E-state index is 0.102. The van der Waals surface area contributed by atoms with E-state index in [-0.39, 0.29) is 12.3 Å². The number of ether oxygens (including phenoxy) is 1. The molecule has 4 heteroatoms. The molecule has 4 nitrogen and oxygen atoms in total. The van der Waals surface area contributed by atoms with Crippen LogP contribution < -0.4 is 10.1 Å². The van der Waals surface area contributed by atoms with Crippen molar-refractivity contribution in [3.05, 3.63) is 42.0 Å². The molecule has 0 saturated heterocycles. The first-order valence-corrected chi connectivity index (χ1v) is 8.03. The summed E-state index contributed by atoms with van der Waals surface area (Å²) in [6, 6.07) is 14.1. The van der Waals surface area contributed by atoms with Gasteiger partial charge in [0.15, 0.2) is 0 Å². The van der Waals surface area contributed by atoms with Gasteiger partial charge in [0.2, 0.25) is 5.91 Å². The van der Waals surface area contributed by atoms with Crippen LogP contribution >= 0.6 is 0 Å². The zero-order valence-corrected chi connectivity index (χ0v) is 13.5. The summed E-state index contributed by atoms with van der Waals surface area (Å²) in [6.07, 6.45) is 2.69. The van der Waals surface area contributed by atoms with E-state index in [9.17, 15) is 4.79 Å². The van der Waals surface area contributed by atoms with Crippen LogP contribution in [0.15, 0.2) is 36.4 Å². The molecule has 23 heavy (non-hydrogen) atoms. The van der Waals surface area contributed by atoms with Gasteiger partial charge in [-0.05, 0) is 29.7 Å². The van der Waals surface area contributed by atoms with Gasteiger partial charge in [0, 0.05) is 12.1 Å². The number of benzene rings is 2. The lowest BCUT2D eigenvalue weighted by molar-refractivity contribution is -0.120. The number of amides is 1. The maximum atomic E-state index is 11.4. The average molecular weight is 310 g/mol. The average Bonchev–Trinajstić information content (AvgIpc) is 2.56. The number of unbranched alkanes of at least 4 members (excludes halogenated alkanes) is 1. The van der Waals surface area contributed by atoms with Gasteiger partial charge in [0.05, 0.1) is 12.7 Å². The summed E-state index contributed by atoms with van der Waals surface area (Å²) in [7, 11) is 0. The third kappa shape index (κ3) is 4.72. The highest BCUT2D eigenvalue weighted by molar-refractivity contribution is 5.88. The number of hydrogen-bond donors (Lipinski definition) is 1. The molecule has 0 fully saturated rings. The molecule has 0 aliphatic carbocycles. The van der Waals surface area contributed by atoms with Gasteiger partial charge in [-0.2, -0.15) is 5.26 Å². The molecule has 0 aromatic heterocycles. The zero-order valence-electron chi connectivity index (χ0n) is 13.5. The molecule has 1 amide bonds. The summed E-state index contributed by atoms with van der Waals surface area (Å²) in [5, 5.41) is 13.6. The molecule has 0 spiro atoms. The van der Waals surface area contributed by atoms with Gasteiger partial charge in [-0.1, -0.05) is 43.7 Å². The van der Waals surface area contributed by atoms with Crippen LogP contribution in [0.5, 0.6) is 5.75 Å². The maximum Gasteiger partial charge on any atom is 0.234 e. The van der Waals surface area contributed by atoms with Crippen LogP contribution in [0.4, 0.5) is 0 Å². The molecule has 0 bridgehead atoms. The number of nitrogens with one attached hydrogen (secondary N) is 1. The fourth-order valence-corrected chi connectivity index (χ4v) is 2.50. The van der Waals surface area contributed by atoms with E-state index in [4.69, 9.17) is 10.00 Å². The Labute approximate surface area is 137 Å². The molecule has 2 aromatic rings. The molecule has 0 unspecified atom stereocenters. The number of carbonyl (C=O) groups excluding carboxylic acids is 1.